The molecule has 2 N–H and O–H groups in total. The number of fused-ring (bicyclic) bond motifs is 2. The fraction of sp³-hybridized carbons (Fsp3) is 0.280. The SMILES string of the molecule is N#Cc1ccc2c(c1)C(c1nc(NCc3cccnc3)nc3nn(C4CCCC4)cc13)C(=O)N2. The van der Waals surface area contributed by atoms with Crippen LogP contribution in [0, 0.1) is 11.3 Å². The Morgan fingerprint density at radius 3 is 2.88 bits per heavy atom. The molecule has 1 unspecified atom stereocenters. The van der Waals surface area contributed by atoms with E-state index in [0.717, 1.165) is 29.4 Å². The zero-order valence-electron chi connectivity index (χ0n) is 18.4. The van der Waals surface area contributed by atoms with E-state index in [9.17, 15) is 10.1 Å². The first kappa shape index (κ1) is 20.3. The van der Waals surface area contributed by atoms with Crippen LogP contribution in [0.3, 0.4) is 0 Å². The van der Waals surface area contributed by atoms with E-state index in [2.05, 4.69) is 26.7 Å². The topological polar surface area (TPSA) is 121 Å². The average Bonchev–Trinajstić information content (AvgIpc) is 3.60. The maximum Gasteiger partial charge on any atom is 0.238 e. The van der Waals surface area contributed by atoms with Gasteiger partial charge in [-0.2, -0.15) is 15.3 Å². The van der Waals surface area contributed by atoms with Crippen molar-refractivity contribution in [3.05, 3.63) is 71.3 Å². The molecular formula is C25H22N8O. The number of hydrogen-bond donors (Lipinski definition) is 2. The number of nitrogens with zero attached hydrogens (tertiary/aromatic N) is 6. The lowest BCUT2D eigenvalue weighted by Crippen LogP contribution is -2.16. The first-order valence-corrected chi connectivity index (χ1v) is 11.4. The standard InChI is InChI=1S/C25H22N8O/c26-11-15-7-8-20-18(10-15)21(24(34)29-20)22-19-14-33(17-5-1-2-6-17)32-23(19)31-25(30-22)28-13-16-4-3-9-27-12-16/h3-4,7-10,12,14,17,21H,1-2,5-6,13H2,(H,29,34)(H,28,31,32). The minimum atomic E-state index is -0.644. The van der Waals surface area contributed by atoms with Crippen LogP contribution in [0.25, 0.3) is 11.0 Å². The number of carbonyl (C=O) groups is 1. The predicted octanol–water partition coefficient (Wildman–Crippen LogP) is 3.90. The van der Waals surface area contributed by atoms with Crippen molar-refractivity contribution in [1.82, 2.24) is 24.7 Å². The Kier molecular flexibility index (Phi) is 4.91. The highest BCUT2D eigenvalue weighted by Gasteiger charge is 2.36. The Balaban J connectivity index is 1.46. The van der Waals surface area contributed by atoms with Crippen LogP contribution in [0.1, 0.15) is 60.0 Å². The van der Waals surface area contributed by atoms with E-state index in [1.54, 1.807) is 30.6 Å². The fourth-order valence-electron chi connectivity index (χ4n) is 4.89. The normalized spacial score (nSPS) is 17.5. The Labute approximate surface area is 195 Å². The summed E-state index contributed by atoms with van der Waals surface area (Å²) in [4.78, 5) is 26.7. The Bertz CT molecular complexity index is 1430. The van der Waals surface area contributed by atoms with Crippen molar-refractivity contribution >= 4 is 28.6 Å². The van der Waals surface area contributed by atoms with Crippen LogP contribution in [-0.2, 0) is 11.3 Å². The van der Waals surface area contributed by atoms with Gasteiger partial charge in [-0.1, -0.05) is 18.9 Å². The monoisotopic (exact) mass is 450 g/mol. The molecule has 1 amide bonds. The van der Waals surface area contributed by atoms with E-state index in [1.165, 1.54) is 12.8 Å². The van der Waals surface area contributed by atoms with Crippen molar-refractivity contribution in [1.29, 1.82) is 5.26 Å². The van der Waals surface area contributed by atoms with Crippen LogP contribution < -0.4 is 10.6 Å². The zero-order chi connectivity index (χ0) is 23.1. The number of pyridine rings is 1. The summed E-state index contributed by atoms with van der Waals surface area (Å²) < 4.78 is 1.99. The third-order valence-corrected chi connectivity index (χ3v) is 6.58. The van der Waals surface area contributed by atoms with Gasteiger partial charge in [0.05, 0.1) is 28.8 Å². The molecule has 2 aliphatic rings. The van der Waals surface area contributed by atoms with Crippen molar-refractivity contribution in [2.45, 2.75) is 44.2 Å². The summed E-state index contributed by atoms with van der Waals surface area (Å²) in [6.45, 7) is 0.494. The highest BCUT2D eigenvalue weighted by molar-refractivity contribution is 6.06. The van der Waals surface area contributed by atoms with Gasteiger partial charge in [0.15, 0.2) is 5.65 Å². The summed E-state index contributed by atoms with van der Waals surface area (Å²) >= 11 is 0. The molecule has 0 radical (unpaired) electrons. The van der Waals surface area contributed by atoms with Gasteiger partial charge in [0.1, 0.15) is 5.92 Å². The Morgan fingerprint density at radius 2 is 2.09 bits per heavy atom. The molecule has 3 aromatic heterocycles. The van der Waals surface area contributed by atoms with E-state index in [4.69, 9.17) is 10.1 Å². The third-order valence-electron chi connectivity index (χ3n) is 6.58. The van der Waals surface area contributed by atoms with Crippen LogP contribution in [0.4, 0.5) is 11.6 Å². The van der Waals surface area contributed by atoms with E-state index in [1.807, 2.05) is 23.0 Å². The summed E-state index contributed by atoms with van der Waals surface area (Å²) in [5.74, 6) is -0.411. The van der Waals surface area contributed by atoms with Gasteiger partial charge >= 0.3 is 0 Å². The van der Waals surface area contributed by atoms with Crippen LogP contribution in [0.2, 0.25) is 0 Å². The number of hydrogen-bond acceptors (Lipinski definition) is 7. The van der Waals surface area contributed by atoms with Crippen molar-refractivity contribution in [3.63, 3.8) is 0 Å². The van der Waals surface area contributed by atoms with Crippen molar-refractivity contribution in [3.8, 4) is 6.07 Å². The van der Waals surface area contributed by atoms with Gasteiger partial charge in [-0.15, -0.1) is 0 Å². The first-order valence-electron chi connectivity index (χ1n) is 11.4. The molecule has 0 saturated heterocycles. The molecular weight excluding hydrogens is 428 g/mol. The van der Waals surface area contributed by atoms with Crippen LogP contribution in [0.15, 0.2) is 48.9 Å². The van der Waals surface area contributed by atoms with Gasteiger partial charge in [-0.3, -0.25) is 14.5 Å². The van der Waals surface area contributed by atoms with Gasteiger partial charge in [-0.05, 0) is 48.2 Å². The lowest BCUT2D eigenvalue weighted by molar-refractivity contribution is -0.116. The first-order chi connectivity index (χ1) is 16.7. The number of rotatable bonds is 5. The maximum absolute atomic E-state index is 13.1. The summed E-state index contributed by atoms with van der Waals surface area (Å²) in [7, 11) is 0. The number of aromatic nitrogens is 5. The lowest BCUT2D eigenvalue weighted by Gasteiger charge is -2.12. The number of amides is 1. The molecule has 9 heteroatoms. The molecule has 1 aliphatic heterocycles. The minimum Gasteiger partial charge on any atom is -0.350 e. The molecule has 0 bridgehead atoms. The predicted molar refractivity (Wildman–Crippen MR) is 126 cm³/mol. The molecule has 1 saturated carbocycles. The molecule has 1 aliphatic carbocycles. The highest BCUT2D eigenvalue weighted by Crippen LogP contribution is 2.40. The number of anilines is 2. The minimum absolute atomic E-state index is 0.170. The molecule has 6 rings (SSSR count). The Hall–Kier alpha value is -4.32. The molecule has 9 nitrogen and oxygen atoms in total. The molecule has 1 fully saturated rings. The van der Waals surface area contributed by atoms with Crippen molar-refractivity contribution < 1.29 is 4.79 Å². The second-order valence-electron chi connectivity index (χ2n) is 8.77. The molecule has 4 heterocycles. The number of carbonyl (C=O) groups excluding carboxylic acids is 1. The van der Waals surface area contributed by atoms with Crippen LogP contribution >= 0.6 is 0 Å². The van der Waals surface area contributed by atoms with Gasteiger partial charge in [0.2, 0.25) is 11.9 Å². The van der Waals surface area contributed by atoms with Crippen molar-refractivity contribution in [2.24, 2.45) is 0 Å². The lowest BCUT2D eigenvalue weighted by atomic mass is 9.94. The van der Waals surface area contributed by atoms with Gasteiger partial charge in [0, 0.05) is 30.8 Å². The van der Waals surface area contributed by atoms with Gasteiger partial charge in [-0.25, -0.2) is 4.98 Å². The van der Waals surface area contributed by atoms with E-state index < -0.39 is 5.92 Å². The van der Waals surface area contributed by atoms with Crippen molar-refractivity contribution in [2.75, 3.05) is 10.6 Å². The number of nitriles is 1. The molecule has 1 atom stereocenters. The molecule has 1 aromatic carbocycles. The summed E-state index contributed by atoms with van der Waals surface area (Å²) in [5, 5.41) is 21.1. The second-order valence-corrected chi connectivity index (χ2v) is 8.77. The van der Waals surface area contributed by atoms with Gasteiger partial charge < -0.3 is 10.6 Å². The highest BCUT2D eigenvalue weighted by atomic mass is 16.2. The second kappa shape index (κ2) is 8.23. The Morgan fingerprint density at radius 1 is 1.21 bits per heavy atom. The van der Waals surface area contributed by atoms with E-state index in [0.29, 0.717) is 41.1 Å². The summed E-state index contributed by atoms with van der Waals surface area (Å²) in [6, 6.07) is 11.6. The molecule has 168 valence electrons. The third kappa shape index (κ3) is 3.53. The average molecular weight is 451 g/mol. The molecule has 4 aromatic rings. The van der Waals surface area contributed by atoms with Crippen LogP contribution in [0.5, 0.6) is 0 Å². The summed E-state index contributed by atoms with van der Waals surface area (Å²) in [6.07, 6.45) is 10.0. The summed E-state index contributed by atoms with van der Waals surface area (Å²) in [5.41, 5.74) is 4.09. The van der Waals surface area contributed by atoms with Crippen LogP contribution in [-0.4, -0.2) is 30.6 Å². The quantitative estimate of drug-likeness (QED) is 0.473. The smallest absolute Gasteiger partial charge is 0.238 e. The van der Waals surface area contributed by atoms with E-state index >= 15 is 0 Å². The molecule has 0 spiro atoms. The van der Waals surface area contributed by atoms with Gasteiger partial charge in [0.25, 0.3) is 0 Å². The molecule has 34 heavy (non-hydrogen) atoms. The number of nitrogens with one attached hydrogen (secondary N) is 2. The van der Waals surface area contributed by atoms with E-state index in [-0.39, 0.29) is 5.91 Å². The fourth-order valence-corrected chi connectivity index (χ4v) is 4.89. The maximum atomic E-state index is 13.1. The zero-order valence-corrected chi connectivity index (χ0v) is 18.4. The largest absolute Gasteiger partial charge is 0.350 e. The number of benzene rings is 1.